The Balaban J connectivity index is 1.22. The molecule has 33 heavy (non-hydrogen) atoms. The summed E-state index contributed by atoms with van der Waals surface area (Å²) in [7, 11) is 0. The Labute approximate surface area is 191 Å². The molecule has 2 fully saturated rings. The van der Waals surface area contributed by atoms with Gasteiger partial charge in [-0.05, 0) is 55.0 Å². The topological polar surface area (TPSA) is 63.9 Å². The molecule has 0 spiro atoms. The van der Waals surface area contributed by atoms with Crippen LogP contribution in [0.25, 0.3) is 33.4 Å². The Hall–Kier alpha value is -3.61. The Bertz CT molecular complexity index is 1350. The zero-order valence-electron chi connectivity index (χ0n) is 18.2. The molecular formula is C26H24FN5O. The lowest BCUT2D eigenvalue weighted by Crippen LogP contribution is -2.30. The monoisotopic (exact) mass is 441 g/mol. The molecule has 166 valence electrons. The van der Waals surface area contributed by atoms with E-state index in [1.165, 1.54) is 6.07 Å². The number of amides is 1. The number of pyridine rings is 1. The number of fused-ring (bicyclic) bond motifs is 1. The van der Waals surface area contributed by atoms with Crippen LogP contribution in [0.2, 0.25) is 0 Å². The molecule has 1 aliphatic carbocycles. The van der Waals surface area contributed by atoms with Crippen LogP contribution in [0.3, 0.4) is 0 Å². The van der Waals surface area contributed by atoms with Crippen molar-refractivity contribution in [2.24, 2.45) is 11.8 Å². The number of carbonyl (C=O) groups excluding carboxylic acids is 1. The summed E-state index contributed by atoms with van der Waals surface area (Å²) >= 11 is 0. The van der Waals surface area contributed by atoms with E-state index in [-0.39, 0.29) is 11.7 Å². The highest BCUT2D eigenvalue weighted by Gasteiger charge is 2.36. The van der Waals surface area contributed by atoms with Crippen LogP contribution >= 0.6 is 0 Å². The number of halogens is 1. The van der Waals surface area contributed by atoms with Crippen molar-refractivity contribution in [3.63, 3.8) is 0 Å². The molecule has 1 aliphatic heterocycles. The summed E-state index contributed by atoms with van der Waals surface area (Å²) in [5.41, 5.74) is 2.97. The predicted octanol–water partition coefficient (Wildman–Crippen LogP) is 4.56. The smallest absolute Gasteiger partial charge is 0.225 e. The van der Waals surface area contributed by atoms with Crippen LogP contribution in [0, 0.1) is 17.7 Å². The van der Waals surface area contributed by atoms with Crippen molar-refractivity contribution in [2.45, 2.75) is 25.8 Å². The van der Waals surface area contributed by atoms with Gasteiger partial charge in [-0.25, -0.2) is 4.39 Å². The molecule has 6 nitrogen and oxygen atoms in total. The first-order valence-electron chi connectivity index (χ1n) is 11.5. The number of benzene rings is 2. The molecule has 1 saturated carbocycles. The van der Waals surface area contributed by atoms with E-state index in [4.69, 9.17) is 0 Å². The van der Waals surface area contributed by atoms with Crippen LogP contribution in [0.5, 0.6) is 0 Å². The van der Waals surface area contributed by atoms with Crippen LogP contribution in [0.15, 0.2) is 61.1 Å². The van der Waals surface area contributed by atoms with Crippen LogP contribution in [-0.4, -0.2) is 43.6 Å². The number of aromatic nitrogens is 4. The summed E-state index contributed by atoms with van der Waals surface area (Å²) < 4.78 is 17.1. The maximum atomic E-state index is 15.2. The van der Waals surface area contributed by atoms with Crippen LogP contribution in [0.4, 0.5) is 4.39 Å². The van der Waals surface area contributed by atoms with Crippen molar-refractivity contribution in [2.75, 3.05) is 13.1 Å². The third-order valence-electron chi connectivity index (χ3n) is 6.73. The normalized spacial score (nSPS) is 18.2. The van der Waals surface area contributed by atoms with E-state index in [9.17, 15) is 4.79 Å². The van der Waals surface area contributed by atoms with Gasteiger partial charge in [-0.2, -0.15) is 0 Å². The fourth-order valence-electron chi connectivity index (χ4n) is 4.75. The maximum Gasteiger partial charge on any atom is 0.225 e. The molecule has 1 atom stereocenters. The van der Waals surface area contributed by atoms with Gasteiger partial charge in [0.25, 0.3) is 0 Å². The molecule has 4 aromatic rings. The van der Waals surface area contributed by atoms with Crippen LogP contribution < -0.4 is 0 Å². The summed E-state index contributed by atoms with van der Waals surface area (Å²) in [4.78, 5) is 18.8. The minimum Gasteiger partial charge on any atom is -0.342 e. The van der Waals surface area contributed by atoms with E-state index in [1.807, 2.05) is 45.9 Å². The Kier molecular flexibility index (Phi) is 4.89. The van der Waals surface area contributed by atoms with Crippen molar-refractivity contribution in [1.29, 1.82) is 0 Å². The minimum absolute atomic E-state index is 0.250. The van der Waals surface area contributed by atoms with Gasteiger partial charge in [0.15, 0.2) is 5.82 Å². The van der Waals surface area contributed by atoms with Gasteiger partial charge in [-0.3, -0.25) is 9.78 Å². The first-order valence-corrected chi connectivity index (χ1v) is 11.5. The third-order valence-corrected chi connectivity index (χ3v) is 6.73. The zero-order valence-corrected chi connectivity index (χ0v) is 18.2. The first-order chi connectivity index (χ1) is 16.2. The molecule has 0 N–H and O–H groups in total. The second-order valence-corrected chi connectivity index (χ2v) is 9.13. The lowest BCUT2D eigenvalue weighted by molar-refractivity contribution is -0.131. The first kappa shape index (κ1) is 20.0. The quantitative estimate of drug-likeness (QED) is 0.456. The fourth-order valence-corrected chi connectivity index (χ4v) is 4.75. The molecule has 1 saturated heterocycles. The van der Waals surface area contributed by atoms with Gasteiger partial charge in [0.2, 0.25) is 5.91 Å². The second-order valence-electron chi connectivity index (χ2n) is 9.13. The summed E-state index contributed by atoms with van der Waals surface area (Å²) in [6.45, 7) is 2.23. The van der Waals surface area contributed by atoms with E-state index in [0.717, 1.165) is 54.4 Å². The van der Waals surface area contributed by atoms with E-state index in [1.54, 1.807) is 18.6 Å². The van der Waals surface area contributed by atoms with E-state index in [0.29, 0.717) is 29.8 Å². The lowest BCUT2D eigenvalue weighted by Gasteiger charge is -2.17. The van der Waals surface area contributed by atoms with Crippen molar-refractivity contribution in [1.82, 2.24) is 24.6 Å². The van der Waals surface area contributed by atoms with E-state index < -0.39 is 0 Å². The molecule has 2 aromatic carbocycles. The van der Waals surface area contributed by atoms with Gasteiger partial charge in [0.05, 0.1) is 11.1 Å². The molecule has 3 heterocycles. The number of hydrogen-bond acceptors (Lipinski definition) is 4. The number of nitrogens with zero attached hydrogens (tertiary/aromatic N) is 5. The van der Waals surface area contributed by atoms with Crippen molar-refractivity contribution in [3.05, 3.63) is 66.9 Å². The molecule has 0 unspecified atom stereocenters. The van der Waals surface area contributed by atoms with Gasteiger partial charge in [-0.1, -0.05) is 24.3 Å². The van der Waals surface area contributed by atoms with Crippen molar-refractivity contribution < 1.29 is 9.18 Å². The number of carbonyl (C=O) groups is 1. The number of rotatable bonds is 5. The summed E-state index contributed by atoms with van der Waals surface area (Å²) in [6.07, 6.45) is 6.43. The van der Waals surface area contributed by atoms with Crippen molar-refractivity contribution >= 4 is 16.8 Å². The highest BCUT2D eigenvalue weighted by Crippen LogP contribution is 2.34. The van der Waals surface area contributed by atoms with Crippen LogP contribution in [0.1, 0.15) is 19.3 Å². The largest absolute Gasteiger partial charge is 0.342 e. The Morgan fingerprint density at radius 1 is 1.06 bits per heavy atom. The Morgan fingerprint density at radius 3 is 2.79 bits per heavy atom. The lowest BCUT2D eigenvalue weighted by atomic mass is 10.0. The average Bonchev–Trinajstić information content (AvgIpc) is 3.42. The number of hydrogen-bond donors (Lipinski definition) is 0. The molecule has 0 bridgehead atoms. The molecule has 1 amide bonds. The van der Waals surface area contributed by atoms with Gasteiger partial charge < -0.3 is 9.47 Å². The SMILES string of the molecule is O=C(C1CC1)N1CC[C@H](Cn2cnnc2-c2ccc(-c3cnc4ccccc4c3)cc2F)C1. The third kappa shape index (κ3) is 3.88. The fraction of sp³-hybridized carbons (Fsp3) is 0.308. The van der Waals surface area contributed by atoms with Gasteiger partial charge in [-0.15, -0.1) is 10.2 Å². The molecule has 0 radical (unpaired) electrons. The highest BCUT2D eigenvalue weighted by molar-refractivity contribution is 5.84. The summed E-state index contributed by atoms with van der Waals surface area (Å²) in [5, 5.41) is 9.27. The van der Waals surface area contributed by atoms with E-state index >= 15 is 4.39 Å². The molecule has 6 rings (SSSR count). The molecule has 2 aliphatic rings. The maximum absolute atomic E-state index is 15.2. The highest BCUT2D eigenvalue weighted by atomic mass is 19.1. The Morgan fingerprint density at radius 2 is 1.94 bits per heavy atom. The molecular weight excluding hydrogens is 417 g/mol. The van der Waals surface area contributed by atoms with Gasteiger partial charge >= 0.3 is 0 Å². The predicted molar refractivity (Wildman–Crippen MR) is 124 cm³/mol. The zero-order chi connectivity index (χ0) is 22.4. The average molecular weight is 442 g/mol. The van der Waals surface area contributed by atoms with E-state index in [2.05, 4.69) is 15.2 Å². The summed E-state index contributed by atoms with van der Waals surface area (Å²) in [5.74, 6) is 1.05. The molecule has 2 aromatic heterocycles. The number of para-hydroxylation sites is 1. The number of likely N-dealkylation sites (tertiary alicyclic amines) is 1. The minimum atomic E-state index is -0.341. The second kappa shape index (κ2) is 8.06. The standard InChI is InChI=1S/C26H24FN5O/c27-23-12-19(21-11-20-3-1-2-4-24(20)28-13-21)7-8-22(23)25-30-29-16-32(25)15-17-9-10-31(14-17)26(33)18-5-6-18/h1-4,7-8,11-13,16-18H,5-6,9-10,14-15H2/t17-/m0/s1. The molecule has 7 heteroatoms. The van der Waals surface area contributed by atoms with Crippen LogP contribution in [-0.2, 0) is 11.3 Å². The summed E-state index contributed by atoms with van der Waals surface area (Å²) in [6, 6.07) is 15.1. The van der Waals surface area contributed by atoms with Gasteiger partial charge in [0, 0.05) is 42.7 Å². The van der Waals surface area contributed by atoms with Crippen molar-refractivity contribution in [3.8, 4) is 22.5 Å². The van der Waals surface area contributed by atoms with Gasteiger partial charge in [0.1, 0.15) is 12.1 Å².